The van der Waals surface area contributed by atoms with Gasteiger partial charge in [-0.1, -0.05) is 11.6 Å². The first kappa shape index (κ1) is 14.1. The summed E-state index contributed by atoms with van der Waals surface area (Å²) in [6.07, 6.45) is 0. The Labute approximate surface area is 120 Å². The number of fused-ring (bicyclic) bond motifs is 1. The van der Waals surface area contributed by atoms with Crippen molar-refractivity contribution < 1.29 is 0 Å². The summed E-state index contributed by atoms with van der Waals surface area (Å²) < 4.78 is 0. The Morgan fingerprint density at radius 1 is 1.11 bits per heavy atom. The molecule has 1 aromatic heterocycles. The summed E-state index contributed by atoms with van der Waals surface area (Å²) in [6, 6.07) is 8.73. The third kappa shape index (κ3) is 2.82. The van der Waals surface area contributed by atoms with Crippen LogP contribution in [0.3, 0.4) is 0 Å². The zero-order valence-electron chi connectivity index (χ0n) is 11.4. The van der Waals surface area contributed by atoms with Gasteiger partial charge in [0.1, 0.15) is 0 Å². The number of nitrogens with zero attached hydrogens (tertiary/aromatic N) is 2. The molecule has 3 rings (SSSR count). The van der Waals surface area contributed by atoms with Crippen LogP contribution in [0.4, 0.5) is 5.69 Å². The van der Waals surface area contributed by atoms with Crippen molar-refractivity contribution in [2.45, 2.75) is 13.8 Å². The zero-order chi connectivity index (χ0) is 12.5. The molecule has 0 amide bonds. The molecule has 1 aliphatic heterocycles. The van der Waals surface area contributed by atoms with Crippen molar-refractivity contribution in [1.29, 1.82) is 0 Å². The van der Waals surface area contributed by atoms with E-state index < -0.39 is 0 Å². The molecule has 0 bridgehead atoms. The van der Waals surface area contributed by atoms with E-state index in [1.807, 2.05) is 0 Å². The quantitative estimate of drug-likeness (QED) is 0.869. The summed E-state index contributed by atoms with van der Waals surface area (Å²) in [6.45, 7) is 8.49. The van der Waals surface area contributed by atoms with E-state index in [0.29, 0.717) is 0 Å². The minimum Gasteiger partial charge on any atom is -0.368 e. The van der Waals surface area contributed by atoms with Gasteiger partial charge in [0.25, 0.3) is 0 Å². The zero-order valence-corrected chi connectivity index (χ0v) is 12.3. The van der Waals surface area contributed by atoms with Crippen molar-refractivity contribution in [1.82, 2.24) is 10.3 Å². The van der Waals surface area contributed by atoms with Gasteiger partial charge in [-0.05, 0) is 32.0 Å². The highest BCUT2D eigenvalue weighted by Gasteiger charge is 2.14. The maximum absolute atomic E-state index is 4.63. The Kier molecular flexibility index (Phi) is 4.27. The number of benzene rings is 1. The molecule has 0 aliphatic carbocycles. The topological polar surface area (TPSA) is 28.2 Å². The smallest absolute Gasteiger partial charge is 0.0726 e. The summed E-state index contributed by atoms with van der Waals surface area (Å²) >= 11 is 0. The molecule has 1 saturated heterocycles. The van der Waals surface area contributed by atoms with Gasteiger partial charge in [0.2, 0.25) is 0 Å². The maximum atomic E-state index is 4.63. The lowest BCUT2D eigenvalue weighted by Crippen LogP contribution is -2.43. The second kappa shape index (κ2) is 5.76. The van der Waals surface area contributed by atoms with Gasteiger partial charge < -0.3 is 10.2 Å². The molecule has 4 heteroatoms. The van der Waals surface area contributed by atoms with Gasteiger partial charge in [0.15, 0.2) is 0 Å². The van der Waals surface area contributed by atoms with E-state index in [1.165, 1.54) is 16.6 Å². The fourth-order valence-electron chi connectivity index (χ4n) is 2.62. The van der Waals surface area contributed by atoms with Crippen LogP contribution in [0.2, 0.25) is 0 Å². The number of pyridine rings is 1. The largest absolute Gasteiger partial charge is 0.368 e. The molecule has 19 heavy (non-hydrogen) atoms. The fourth-order valence-corrected chi connectivity index (χ4v) is 2.62. The van der Waals surface area contributed by atoms with Crippen LogP contribution in [0.15, 0.2) is 24.3 Å². The molecule has 1 N–H and O–H groups in total. The highest BCUT2D eigenvalue weighted by molar-refractivity contribution is 5.92. The predicted molar refractivity (Wildman–Crippen MR) is 83.5 cm³/mol. The monoisotopic (exact) mass is 277 g/mol. The van der Waals surface area contributed by atoms with Gasteiger partial charge in [0, 0.05) is 42.9 Å². The van der Waals surface area contributed by atoms with Crippen molar-refractivity contribution in [3.05, 3.63) is 35.5 Å². The van der Waals surface area contributed by atoms with E-state index >= 15 is 0 Å². The third-order valence-corrected chi connectivity index (χ3v) is 3.53. The van der Waals surface area contributed by atoms with Crippen LogP contribution in [0.1, 0.15) is 11.3 Å². The number of rotatable bonds is 1. The Morgan fingerprint density at radius 3 is 2.58 bits per heavy atom. The molecule has 1 fully saturated rings. The number of nitrogens with one attached hydrogen (secondary N) is 1. The lowest BCUT2D eigenvalue weighted by Gasteiger charge is -2.30. The third-order valence-electron chi connectivity index (χ3n) is 3.53. The molecule has 102 valence electrons. The Balaban J connectivity index is 0.00000133. The summed E-state index contributed by atoms with van der Waals surface area (Å²) in [5.41, 5.74) is 4.83. The lowest BCUT2D eigenvalue weighted by atomic mass is 10.1. The standard InChI is InChI=1S/C15H19N3.ClH/c1-11-3-4-14-13(9-11)15(10-12(2)17-14)18-7-5-16-6-8-18;/h3-4,9-10,16H,5-8H2,1-2H3;1H. The molecular formula is C15H20ClN3. The highest BCUT2D eigenvalue weighted by atomic mass is 35.5. The summed E-state index contributed by atoms with van der Waals surface area (Å²) in [5.74, 6) is 0. The van der Waals surface area contributed by atoms with Gasteiger partial charge in [-0.15, -0.1) is 12.4 Å². The van der Waals surface area contributed by atoms with E-state index in [-0.39, 0.29) is 12.4 Å². The summed E-state index contributed by atoms with van der Waals surface area (Å²) in [4.78, 5) is 7.10. The van der Waals surface area contributed by atoms with E-state index in [4.69, 9.17) is 0 Å². The van der Waals surface area contributed by atoms with E-state index in [1.54, 1.807) is 0 Å². The first-order valence-corrected chi connectivity index (χ1v) is 6.58. The van der Waals surface area contributed by atoms with Crippen molar-refractivity contribution in [3.63, 3.8) is 0 Å². The Morgan fingerprint density at radius 2 is 1.84 bits per heavy atom. The molecule has 1 aromatic carbocycles. The minimum atomic E-state index is 0. The number of hydrogen-bond acceptors (Lipinski definition) is 3. The highest BCUT2D eigenvalue weighted by Crippen LogP contribution is 2.27. The summed E-state index contributed by atoms with van der Waals surface area (Å²) in [5, 5.41) is 4.68. The van der Waals surface area contributed by atoms with Crippen molar-refractivity contribution in [3.8, 4) is 0 Å². The number of aromatic nitrogens is 1. The minimum absolute atomic E-state index is 0. The van der Waals surface area contributed by atoms with Gasteiger partial charge in [-0.25, -0.2) is 0 Å². The first-order chi connectivity index (χ1) is 8.74. The van der Waals surface area contributed by atoms with Crippen LogP contribution >= 0.6 is 12.4 Å². The van der Waals surface area contributed by atoms with E-state index in [2.05, 4.69) is 53.3 Å². The molecular weight excluding hydrogens is 258 g/mol. The van der Waals surface area contributed by atoms with Crippen LogP contribution in [0, 0.1) is 13.8 Å². The van der Waals surface area contributed by atoms with Crippen LogP contribution < -0.4 is 10.2 Å². The van der Waals surface area contributed by atoms with Crippen LogP contribution in [0.5, 0.6) is 0 Å². The number of hydrogen-bond donors (Lipinski definition) is 1. The van der Waals surface area contributed by atoms with Crippen LogP contribution in [-0.4, -0.2) is 31.2 Å². The van der Waals surface area contributed by atoms with Crippen molar-refractivity contribution in [2.24, 2.45) is 0 Å². The van der Waals surface area contributed by atoms with Crippen LogP contribution in [-0.2, 0) is 0 Å². The number of piperazine rings is 1. The molecule has 0 spiro atoms. The van der Waals surface area contributed by atoms with Gasteiger partial charge in [0.05, 0.1) is 5.52 Å². The number of halogens is 1. The van der Waals surface area contributed by atoms with Gasteiger partial charge in [-0.3, -0.25) is 4.98 Å². The van der Waals surface area contributed by atoms with E-state index in [0.717, 1.165) is 37.4 Å². The second-order valence-corrected chi connectivity index (χ2v) is 5.04. The SMILES string of the molecule is Cc1ccc2nc(C)cc(N3CCNCC3)c2c1.Cl. The number of anilines is 1. The average molecular weight is 278 g/mol. The average Bonchev–Trinajstić information content (AvgIpc) is 2.39. The van der Waals surface area contributed by atoms with Crippen molar-refractivity contribution >= 4 is 29.0 Å². The Bertz CT molecular complexity index is 577. The molecule has 1 aliphatic rings. The number of aryl methyl sites for hydroxylation is 2. The Hall–Kier alpha value is -1.32. The molecule has 0 unspecified atom stereocenters. The van der Waals surface area contributed by atoms with Crippen LogP contribution in [0.25, 0.3) is 10.9 Å². The fraction of sp³-hybridized carbons (Fsp3) is 0.400. The molecule has 0 atom stereocenters. The van der Waals surface area contributed by atoms with Gasteiger partial charge in [-0.2, -0.15) is 0 Å². The van der Waals surface area contributed by atoms with E-state index in [9.17, 15) is 0 Å². The predicted octanol–water partition coefficient (Wildman–Crippen LogP) is 2.68. The molecule has 2 heterocycles. The lowest BCUT2D eigenvalue weighted by molar-refractivity contribution is 0.590. The second-order valence-electron chi connectivity index (χ2n) is 5.04. The summed E-state index contributed by atoms with van der Waals surface area (Å²) in [7, 11) is 0. The van der Waals surface area contributed by atoms with Gasteiger partial charge >= 0.3 is 0 Å². The normalized spacial score (nSPS) is 15.4. The molecule has 0 saturated carbocycles. The molecule has 3 nitrogen and oxygen atoms in total. The molecule has 2 aromatic rings. The van der Waals surface area contributed by atoms with Crippen molar-refractivity contribution in [2.75, 3.05) is 31.1 Å². The first-order valence-electron chi connectivity index (χ1n) is 6.58. The molecule has 0 radical (unpaired) electrons. The maximum Gasteiger partial charge on any atom is 0.0726 e.